The van der Waals surface area contributed by atoms with Crippen LogP contribution in [0, 0.1) is 0 Å². The standard InChI is InChI=1S/C20H25N3O3/c1-4-23(20(25)15-22(2)16-10-6-5-7-11-16)14-19(24)21-17-12-8-9-13-18(17)26-3/h5-13H,4,14-15H2,1-3H3,(H,21,24). The first kappa shape index (κ1) is 19.3. The van der Waals surface area contributed by atoms with Gasteiger partial charge < -0.3 is 19.9 Å². The van der Waals surface area contributed by atoms with Crippen molar-refractivity contribution in [2.24, 2.45) is 0 Å². The van der Waals surface area contributed by atoms with Crippen LogP contribution in [0.3, 0.4) is 0 Å². The van der Waals surface area contributed by atoms with Gasteiger partial charge in [0.15, 0.2) is 0 Å². The molecule has 0 aliphatic heterocycles. The van der Waals surface area contributed by atoms with E-state index in [1.165, 1.54) is 4.90 Å². The molecule has 0 atom stereocenters. The van der Waals surface area contributed by atoms with E-state index in [-0.39, 0.29) is 24.9 Å². The molecule has 0 aliphatic rings. The van der Waals surface area contributed by atoms with Crippen LogP contribution in [-0.2, 0) is 9.59 Å². The van der Waals surface area contributed by atoms with Crippen LogP contribution < -0.4 is 15.0 Å². The third-order valence-corrected chi connectivity index (χ3v) is 4.02. The Labute approximate surface area is 154 Å². The SMILES string of the molecule is CCN(CC(=O)Nc1ccccc1OC)C(=O)CN(C)c1ccccc1. The van der Waals surface area contributed by atoms with Gasteiger partial charge in [-0.2, -0.15) is 0 Å². The Hall–Kier alpha value is -3.02. The third kappa shape index (κ3) is 5.24. The first-order valence-corrected chi connectivity index (χ1v) is 8.52. The number of rotatable bonds is 8. The fraction of sp³-hybridized carbons (Fsp3) is 0.300. The number of methoxy groups -OCH3 is 1. The highest BCUT2D eigenvalue weighted by Crippen LogP contribution is 2.22. The average molecular weight is 355 g/mol. The molecule has 0 spiro atoms. The number of para-hydroxylation sites is 3. The molecule has 26 heavy (non-hydrogen) atoms. The van der Waals surface area contributed by atoms with E-state index in [1.807, 2.05) is 61.3 Å². The fourth-order valence-electron chi connectivity index (χ4n) is 2.56. The third-order valence-electron chi connectivity index (χ3n) is 4.02. The summed E-state index contributed by atoms with van der Waals surface area (Å²) in [6.45, 7) is 2.52. The Morgan fingerprint density at radius 1 is 1.00 bits per heavy atom. The normalized spacial score (nSPS) is 10.1. The molecule has 0 unspecified atom stereocenters. The number of anilines is 2. The first-order chi connectivity index (χ1) is 12.5. The molecule has 138 valence electrons. The summed E-state index contributed by atoms with van der Waals surface area (Å²) < 4.78 is 5.22. The van der Waals surface area contributed by atoms with Gasteiger partial charge in [-0.05, 0) is 31.2 Å². The molecule has 0 bridgehead atoms. The van der Waals surface area contributed by atoms with Gasteiger partial charge in [0.2, 0.25) is 11.8 Å². The van der Waals surface area contributed by atoms with Crippen molar-refractivity contribution in [1.29, 1.82) is 0 Å². The Morgan fingerprint density at radius 2 is 1.65 bits per heavy atom. The van der Waals surface area contributed by atoms with Crippen LogP contribution in [0.1, 0.15) is 6.92 Å². The number of likely N-dealkylation sites (N-methyl/N-ethyl adjacent to an activating group) is 2. The maximum Gasteiger partial charge on any atom is 0.244 e. The fourth-order valence-corrected chi connectivity index (χ4v) is 2.56. The number of hydrogen-bond acceptors (Lipinski definition) is 4. The number of hydrogen-bond donors (Lipinski definition) is 1. The predicted molar refractivity (Wildman–Crippen MR) is 104 cm³/mol. The lowest BCUT2D eigenvalue weighted by atomic mass is 10.3. The van der Waals surface area contributed by atoms with Crippen LogP contribution in [0.25, 0.3) is 0 Å². The summed E-state index contributed by atoms with van der Waals surface area (Å²) >= 11 is 0. The maximum atomic E-state index is 12.5. The van der Waals surface area contributed by atoms with E-state index in [4.69, 9.17) is 4.74 Å². The summed E-state index contributed by atoms with van der Waals surface area (Å²) in [7, 11) is 3.41. The van der Waals surface area contributed by atoms with Crippen molar-refractivity contribution >= 4 is 23.2 Å². The largest absolute Gasteiger partial charge is 0.495 e. The van der Waals surface area contributed by atoms with E-state index in [2.05, 4.69) is 5.32 Å². The lowest BCUT2D eigenvalue weighted by Crippen LogP contribution is -2.43. The van der Waals surface area contributed by atoms with Gasteiger partial charge in [-0.3, -0.25) is 9.59 Å². The average Bonchev–Trinajstić information content (AvgIpc) is 2.67. The Morgan fingerprint density at radius 3 is 2.31 bits per heavy atom. The van der Waals surface area contributed by atoms with Gasteiger partial charge in [-0.1, -0.05) is 30.3 Å². The second-order valence-corrected chi connectivity index (χ2v) is 5.85. The van der Waals surface area contributed by atoms with Crippen LogP contribution in [0.15, 0.2) is 54.6 Å². The number of carbonyl (C=O) groups is 2. The minimum Gasteiger partial charge on any atom is -0.495 e. The quantitative estimate of drug-likeness (QED) is 0.791. The topological polar surface area (TPSA) is 61.9 Å². The molecule has 0 aromatic heterocycles. The summed E-state index contributed by atoms with van der Waals surface area (Å²) in [5.41, 5.74) is 1.54. The minimum atomic E-state index is -0.257. The highest BCUT2D eigenvalue weighted by atomic mass is 16.5. The van der Waals surface area contributed by atoms with E-state index in [9.17, 15) is 9.59 Å². The lowest BCUT2D eigenvalue weighted by molar-refractivity contribution is -0.133. The van der Waals surface area contributed by atoms with Crippen molar-refractivity contribution in [3.8, 4) is 5.75 Å². The number of nitrogens with one attached hydrogen (secondary N) is 1. The van der Waals surface area contributed by atoms with Gasteiger partial charge in [0, 0.05) is 19.3 Å². The molecule has 6 nitrogen and oxygen atoms in total. The van der Waals surface area contributed by atoms with Gasteiger partial charge in [0.25, 0.3) is 0 Å². The molecule has 0 saturated heterocycles. The van der Waals surface area contributed by atoms with Crippen LogP contribution in [0.5, 0.6) is 5.75 Å². The van der Waals surface area contributed by atoms with Crippen molar-refractivity contribution in [3.05, 3.63) is 54.6 Å². The monoisotopic (exact) mass is 355 g/mol. The summed E-state index contributed by atoms with van der Waals surface area (Å²) in [4.78, 5) is 28.3. The molecule has 2 aromatic carbocycles. The molecule has 0 aliphatic carbocycles. The van der Waals surface area contributed by atoms with Gasteiger partial charge in [0.05, 0.1) is 25.9 Å². The molecule has 2 aromatic rings. The molecule has 6 heteroatoms. The number of benzene rings is 2. The number of carbonyl (C=O) groups excluding carboxylic acids is 2. The van der Waals surface area contributed by atoms with Crippen LogP contribution in [-0.4, -0.2) is 50.5 Å². The van der Waals surface area contributed by atoms with Gasteiger partial charge >= 0.3 is 0 Å². The molecule has 2 amide bonds. The lowest BCUT2D eigenvalue weighted by Gasteiger charge is -2.25. The number of nitrogens with zero attached hydrogens (tertiary/aromatic N) is 2. The summed E-state index contributed by atoms with van der Waals surface area (Å²) in [5.74, 6) is 0.222. The highest BCUT2D eigenvalue weighted by Gasteiger charge is 2.18. The predicted octanol–water partition coefficient (Wildman–Crippen LogP) is 2.62. The second kappa shape index (κ2) is 9.46. The number of ether oxygens (including phenoxy) is 1. The Balaban J connectivity index is 1.95. The first-order valence-electron chi connectivity index (χ1n) is 8.52. The molecule has 1 N–H and O–H groups in total. The molecule has 0 fully saturated rings. The van der Waals surface area contributed by atoms with E-state index >= 15 is 0 Å². The van der Waals surface area contributed by atoms with Crippen molar-refractivity contribution in [2.75, 3.05) is 44.0 Å². The van der Waals surface area contributed by atoms with Crippen molar-refractivity contribution < 1.29 is 14.3 Å². The molecular formula is C20H25N3O3. The van der Waals surface area contributed by atoms with Crippen molar-refractivity contribution in [1.82, 2.24) is 4.90 Å². The minimum absolute atomic E-state index is 0.00396. The summed E-state index contributed by atoms with van der Waals surface area (Å²) in [6.07, 6.45) is 0. The van der Waals surface area contributed by atoms with Crippen LogP contribution in [0.4, 0.5) is 11.4 Å². The number of amides is 2. The molecule has 0 heterocycles. The van der Waals surface area contributed by atoms with Crippen molar-refractivity contribution in [3.63, 3.8) is 0 Å². The smallest absolute Gasteiger partial charge is 0.244 e. The van der Waals surface area contributed by atoms with Gasteiger partial charge in [-0.15, -0.1) is 0 Å². The zero-order chi connectivity index (χ0) is 18.9. The van der Waals surface area contributed by atoms with Gasteiger partial charge in [-0.25, -0.2) is 0 Å². The van der Waals surface area contributed by atoms with E-state index in [0.29, 0.717) is 18.0 Å². The second-order valence-electron chi connectivity index (χ2n) is 5.85. The summed E-state index contributed by atoms with van der Waals surface area (Å²) in [5, 5.41) is 2.79. The van der Waals surface area contributed by atoms with Crippen LogP contribution >= 0.6 is 0 Å². The summed E-state index contributed by atoms with van der Waals surface area (Å²) in [6, 6.07) is 16.8. The van der Waals surface area contributed by atoms with Gasteiger partial charge in [0.1, 0.15) is 5.75 Å². The van der Waals surface area contributed by atoms with E-state index in [0.717, 1.165) is 5.69 Å². The van der Waals surface area contributed by atoms with E-state index < -0.39 is 0 Å². The van der Waals surface area contributed by atoms with Crippen LogP contribution in [0.2, 0.25) is 0 Å². The molecule has 0 saturated carbocycles. The zero-order valence-electron chi connectivity index (χ0n) is 15.4. The zero-order valence-corrected chi connectivity index (χ0v) is 15.4. The Kier molecular flexibility index (Phi) is 7.02. The molecule has 2 rings (SSSR count). The van der Waals surface area contributed by atoms with Crippen molar-refractivity contribution in [2.45, 2.75) is 6.92 Å². The highest BCUT2D eigenvalue weighted by molar-refractivity contribution is 5.96. The van der Waals surface area contributed by atoms with E-state index in [1.54, 1.807) is 19.2 Å². The maximum absolute atomic E-state index is 12.5. The molecule has 0 radical (unpaired) electrons. The Bertz CT molecular complexity index is 734. The molecular weight excluding hydrogens is 330 g/mol.